The van der Waals surface area contributed by atoms with Gasteiger partial charge < -0.3 is 19.7 Å². The highest BCUT2D eigenvalue weighted by Crippen LogP contribution is 2.47. The summed E-state index contributed by atoms with van der Waals surface area (Å²) in [7, 11) is 0. The van der Waals surface area contributed by atoms with Gasteiger partial charge in [-0.1, -0.05) is 13.8 Å². The van der Waals surface area contributed by atoms with Crippen LogP contribution in [0.5, 0.6) is 0 Å². The molecule has 4 aliphatic rings. The van der Waals surface area contributed by atoms with Crippen LogP contribution in [0, 0.1) is 0 Å². The molecule has 1 aliphatic carbocycles. The van der Waals surface area contributed by atoms with Crippen LogP contribution in [0.2, 0.25) is 0 Å². The number of hydrogen-bond donors (Lipinski definition) is 1. The molecule has 1 unspecified atom stereocenters. The number of carbonyl (C=O) groups is 1. The second-order valence-electron chi connectivity index (χ2n) is 11.2. The Hall–Kier alpha value is -2.48. The number of nitrogens with one attached hydrogen (secondary N) is 1. The number of hydrogen-bond acceptors (Lipinski definition) is 6. The molecule has 3 aliphatic heterocycles. The summed E-state index contributed by atoms with van der Waals surface area (Å²) in [6, 6.07) is 0. The first-order chi connectivity index (χ1) is 16.5. The maximum absolute atomic E-state index is 12.0. The van der Waals surface area contributed by atoms with Crippen molar-refractivity contribution < 1.29 is 4.79 Å². The largest absolute Gasteiger partial charge is 0.356 e. The van der Waals surface area contributed by atoms with E-state index >= 15 is 0 Å². The van der Waals surface area contributed by atoms with Crippen LogP contribution in [-0.4, -0.2) is 63.0 Å². The molecule has 1 amide bonds. The summed E-state index contributed by atoms with van der Waals surface area (Å²) in [5, 5.41) is 2.94. The van der Waals surface area contributed by atoms with Gasteiger partial charge in [-0.3, -0.25) is 4.79 Å². The van der Waals surface area contributed by atoms with Crippen molar-refractivity contribution in [2.24, 2.45) is 0 Å². The third kappa shape index (κ3) is 4.10. The molecule has 34 heavy (non-hydrogen) atoms. The smallest absolute Gasteiger partial charge is 0.226 e. The Morgan fingerprint density at radius 2 is 1.85 bits per heavy atom. The molecule has 8 heteroatoms. The quantitative estimate of drug-likeness (QED) is 0.705. The van der Waals surface area contributed by atoms with Crippen molar-refractivity contribution in [3.63, 3.8) is 0 Å². The van der Waals surface area contributed by atoms with E-state index < -0.39 is 0 Å². The lowest BCUT2D eigenvalue weighted by Gasteiger charge is -2.35. The van der Waals surface area contributed by atoms with Gasteiger partial charge in [0.05, 0.1) is 5.69 Å². The zero-order valence-electron chi connectivity index (χ0n) is 20.6. The van der Waals surface area contributed by atoms with Crippen molar-refractivity contribution in [1.82, 2.24) is 24.4 Å². The van der Waals surface area contributed by atoms with E-state index in [4.69, 9.17) is 4.98 Å². The van der Waals surface area contributed by atoms with E-state index in [0.717, 1.165) is 50.4 Å². The van der Waals surface area contributed by atoms with Gasteiger partial charge in [0.1, 0.15) is 23.8 Å². The molecule has 182 valence electrons. The summed E-state index contributed by atoms with van der Waals surface area (Å²) < 4.78 is 2.49. The highest BCUT2D eigenvalue weighted by molar-refractivity contribution is 5.94. The summed E-state index contributed by atoms with van der Waals surface area (Å²) >= 11 is 0. The van der Waals surface area contributed by atoms with Crippen LogP contribution in [0.1, 0.15) is 87.7 Å². The standard InChI is InChI=1S/C26H37N7O/c1-18-15-21(34)30-23-22(18)25(28-17-27-23)32-11-5-19(6-12-32)24-29-20(26(2)7-8-26)16-33(24)14-13-31-9-3-4-10-31/h16-19H,3-15H2,1-2H3,(H,27,28,30,34). The van der Waals surface area contributed by atoms with E-state index in [1.54, 1.807) is 6.33 Å². The van der Waals surface area contributed by atoms with Crippen LogP contribution in [0.15, 0.2) is 12.5 Å². The molecule has 1 N–H and O–H groups in total. The third-order valence-corrected chi connectivity index (χ3v) is 8.55. The van der Waals surface area contributed by atoms with E-state index in [-0.39, 0.29) is 11.8 Å². The molecule has 2 saturated heterocycles. The number of likely N-dealkylation sites (tertiary alicyclic amines) is 1. The minimum absolute atomic E-state index is 0.0456. The lowest BCUT2D eigenvalue weighted by Crippen LogP contribution is -2.36. The molecule has 6 rings (SSSR count). The first-order valence-corrected chi connectivity index (χ1v) is 13.2. The Labute approximate surface area is 202 Å². The Kier molecular flexibility index (Phi) is 5.59. The van der Waals surface area contributed by atoms with Gasteiger partial charge in [-0.15, -0.1) is 0 Å². The number of nitrogens with zero attached hydrogens (tertiary/aromatic N) is 6. The summed E-state index contributed by atoms with van der Waals surface area (Å²) in [6.45, 7) is 11.1. The van der Waals surface area contributed by atoms with Gasteiger partial charge in [0.25, 0.3) is 0 Å². The monoisotopic (exact) mass is 463 g/mol. The minimum atomic E-state index is 0.0456. The van der Waals surface area contributed by atoms with E-state index in [1.807, 2.05) is 0 Å². The van der Waals surface area contributed by atoms with Gasteiger partial charge in [-0.2, -0.15) is 0 Å². The van der Waals surface area contributed by atoms with Crippen LogP contribution in [0.4, 0.5) is 11.6 Å². The summed E-state index contributed by atoms with van der Waals surface area (Å²) in [6.07, 6.45) is 11.8. The van der Waals surface area contributed by atoms with Crippen molar-refractivity contribution in [3.8, 4) is 0 Å². The Morgan fingerprint density at radius 1 is 1.09 bits per heavy atom. The van der Waals surface area contributed by atoms with Gasteiger partial charge in [0, 0.05) is 55.7 Å². The number of anilines is 2. The second kappa shape index (κ2) is 8.63. The van der Waals surface area contributed by atoms with Crippen molar-refractivity contribution in [2.45, 2.75) is 82.6 Å². The van der Waals surface area contributed by atoms with Gasteiger partial charge in [0.15, 0.2) is 0 Å². The number of aromatic nitrogens is 4. The normalized spacial score (nSPS) is 24.8. The van der Waals surface area contributed by atoms with Crippen LogP contribution in [-0.2, 0) is 16.8 Å². The molecule has 2 aromatic heterocycles. The average molecular weight is 464 g/mol. The molecule has 0 aromatic carbocycles. The molecule has 3 fully saturated rings. The number of amides is 1. The zero-order valence-corrected chi connectivity index (χ0v) is 20.6. The van der Waals surface area contributed by atoms with Crippen LogP contribution in [0.3, 0.4) is 0 Å². The van der Waals surface area contributed by atoms with E-state index in [1.165, 1.54) is 50.3 Å². The van der Waals surface area contributed by atoms with Gasteiger partial charge in [-0.05, 0) is 57.5 Å². The lowest BCUT2D eigenvalue weighted by molar-refractivity contribution is -0.116. The second-order valence-corrected chi connectivity index (χ2v) is 11.2. The first-order valence-electron chi connectivity index (χ1n) is 13.2. The van der Waals surface area contributed by atoms with E-state index in [9.17, 15) is 4.79 Å². The molecule has 1 saturated carbocycles. The Bertz CT molecular complexity index is 1060. The van der Waals surface area contributed by atoms with Crippen LogP contribution < -0.4 is 10.2 Å². The van der Waals surface area contributed by atoms with Crippen LogP contribution >= 0.6 is 0 Å². The fraction of sp³-hybridized carbons (Fsp3) is 0.692. The van der Waals surface area contributed by atoms with E-state index in [2.05, 4.69) is 49.7 Å². The highest BCUT2D eigenvalue weighted by Gasteiger charge is 2.42. The molecule has 0 radical (unpaired) electrons. The maximum Gasteiger partial charge on any atom is 0.226 e. The summed E-state index contributed by atoms with van der Waals surface area (Å²) in [5.41, 5.74) is 2.70. The Morgan fingerprint density at radius 3 is 2.59 bits per heavy atom. The number of fused-ring (bicyclic) bond motifs is 1. The maximum atomic E-state index is 12.0. The van der Waals surface area contributed by atoms with Crippen molar-refractivity contribution in [1.29, 1.82) is 0 Å². The van der Waals surface area contributed by atoms with Gasteiger partial charge in [-0.25, -0.2) is 15.0 Å². The molecule has 2 aromatic rings. The molecule has 5 heterocycles. The molecule has 1 atom stereocenters. The number of rotatable bonds is 6. The fourth-order valence-corrected chi connectivity index (χ4v) is 6.03. The zero-order chi connectivity index (χ0) is 23.3. The van der Waals surface area contributed by atoms with Crippen molar-refractivity contribution >= 4 is 17.5 Å². The summed E-state index contributed by atoms with van der Waals surface area (Å²) in [5.74, 6) is 3.66. The molecule has 8 nitrogen and oxygen atoms in total. The predicted octanol–water partition coefficient (Wildman–Crippen LogP) is 3.65. The lowest BCUT2D eigenvalue weighted by atomic mass is 9.92. The van der Waals surface area contributed by atoms with Gasteiger partial charge >= 0.3 is 0 Å². The molecular formula is C26H37N7O. The third-order valence-electron chi connectivity index (χ3n) is 8.55. The predicted molar refractivity (Wildman–Crippen MR) is 132 cm³/mol. The fourth-order valence-electron chi connectivity index (χ4n) is 6.03. The SMILES string of the molecule is CC1CC(=O)Nc2ncnc(N3CCC(c4nc(C5(C)CC5)cn4CCN4CCCC4)CC3)c21. The summed E-state index contributed by atoms with van der Waals surface area (Å²) in [4.78, 5) is 31.2. The Balaban J connectivity index is 1.19. The van der Waals surface area contributed by atoms with Crippen molar-refractivity contribution in [2.75, 3.05) is 42.9 Å². The van der Waals surface area contributed by atoms with E-state index in [0.29, 0.717) is 23.6 Å². The number of carbonyl (C=O) groups excluding carboxylic acids is 1. The topological polar surface area (TPSA) is 79.2 Å². The molecular weight excluding hydrogens is 426 g/mol. The van der Waals surface area contributed by atoms with Gasteiger partial charge in [0.2, 0.25) is 5.91 Å². The highest BCUT2D eigenvalue weighted by atomic mass is 16.1. The minimum Gasteiger partial charge on any atom is -0.356 e. The van der Waals surface area contributed by atoms with Crippen molar-refractivity contribution in [3.05, 3.63) is 29.6 Å². The van der Waals surface area contributed by atoms with Crippen LogP contribution in [0.25, 0.3) is 0 Å². The first kappa shape index (κ1) is 22.0. The molecule has 0 bridgehead atoms. The molecule has 0 spiro atoms. The number of imidazole rings is 1. The average Bonchev–Trinajstić information content (AvgIpc) is 3.23. The number of piperidine rings is 1.